The average molecular weight is 447 g/mol. The summed E-state index contributed by atoms with van der Waals surface area (Å²) in [7, 11) is 0. The number of aliphatic hydroxyl groups excluding tert-OH is 3. The Morgan fingerprint density at radius 1 is 1.25 bits per heavy atom. The fourth-order valence-corrected chi connectivity index (χ4v) is 8.18. The molecule has 7 nitrogen and oxygen atoms in total. The van der Waals surface area contributed by atoms with Crippen LogP contribution in [0.1, 0.15) is 52.9 Å². The van der Waals surface area contributed by atoms with Crippen molar-refractivity contribution in [2.75, 3.05) is 6.61 Å². The molecule has 176 valence electrons. The number of ketones is 2. The highest BCUT2D eigenvalue weighted by molar-refractivity contribution is 6.01. The summed E-state index contributed by atoms with van der Waals surface area (Å²) in [4.78, 5) is 25.3. The van der Waals surface area contributed by atoms with Crippen molar-refractivity contribution in [3.8, 4) is 0 Å². The maximum atomic E-state index is 13.2. The lowest BCUT2D eigenvalue weighted by atomic mass is 9.45. The summed E-state index contributed by atoms with van der Waals surface area (Å²) in [6, 6.07) is 0. The third kappa shape index (κ3) is 2.66. The van der Waals surface area contributed by atoms with Crippen LogP contribution in [0.3, 0.4) is 0 Å². The van der Waals surface area contributed by atoms with Gasteiger partial charge in [-0.15, -0.1) is 0 Å². The Morgan fingerprint density at radius 2 is 2.00 bits per heavy atom. The van der Waals surface area contributed by atoms with Gasteiger partial charge in [-0.2, -0.15) is 0 Å². The topological polar surface area (TPSA) is 113 Å². The van der Waals surface area contributed by atoms with E-state index in [4.69, 9.17) is 9.47 Å². The van der Waals surface area contributed by atoms with Crippen molar-refractivity contribution in [2.45, 2.75) is 83.1 Å². The van der Waals surface area contributed by atoms with Crippen LogP contribution in [0.4, 0.5) is 0 Å². The molecule has 0 aromatic carbocycles. The number of hydrogen-bond acceptors (Lipinski definition) is 7. The fraction of sp³-hybridized carbons (Fsp3) is 0.760. The molecule has 3 saturated carbocycles. The molecule has 0 amide bonds. The Kier molecular flexibility index (Phi) is 5.12. The van der Waals surface area contributed by atoms with Crippen molar-refractivity contribution in [1.82, 2.24) is 0 Å². The van der Waals surface area contributed by atoms with Gasteiger partial charge in [-0.3, -0.25) is 9.59 Å². The summed E-state index contributed by atoms with van der Waals surface area (Å²) in [5.74, 6) is -0.825. The second-order valence-electron chi connectivity index (χ2n) is 10.9. The second-order valence-corrected chi connectivity index (χ2v) is 10.9. The van der Waals surface area contributed by atoms with E-state index in [1.807, 2.05) is 26.8 Å². The molecular formula is C25H34O7. The molecule has 3 N–H and O–H groups in total. The van der Waals surface area contributed by atoms with E-state index in [0.29, 0.717) is 31.3 Å². The molecule has 32 heavy (non-hydrogen) atoms. The number of carbonyl (C=O) groups excluding carboxylic acids is 2. The Labute approximate surface area is 188 Å². The molecule has 0 aromatic heterocycles. The van der Waals surface area contributed by atoms with Gasteiger partial charge < -0.3 is 24.8 Å². The summed E-state index contributed by atoms with van der Waals surface area (Å²) in [6.45, 7) is 5.37. The molecule has 1 saturated heterocycles. The zero-order chi connectivity index (χ0) is 23.1. The van der Waals surface area contributed by atoms with Crippen LogP contribution < -0.4 is 0 Å². The molecule has 5 aliphatic rings. The Balaban J connectivity index is 1.58. The van der Waals surface area contributed by atoms with Gasteiger partial charge in [0.2, 0.25) is 0 Å². The second kappa shape index (κ2) is 7.31. The monoisotopic (exact) mass is 446 g/mol. The first kappa shape index (κ1) is 22.4. The van der Waals surface area contributed by atoms with E-state index in [2.05, 4.69) is 0 Å². The maximum absolute atomic E-state index is 13.2. The highest BCUT2D eigenvalue weighted by atomic mass is 16.7. The molecule has 0 spiro atoms. The van der Waals surface area contributed by atoms with Crippen LogP contribution in [0.15, 0.2) is 23.8 Å². The lowest BCUT2D eigenvalue weighted by Gasteiger charge is -2.60. The first-order valence-corrected chi connectivity index (χ1v) is 11.9. The van der Waals surface area contributed by atoms with Gasteiger partial charge in [0.25, 0.3) is 0 Å². The zero-order valence-electron chi connectivity index (χ0n) is 19.0. The normalized spacial score (nSPS) is 51.5. The fourth-order valence-electron chi connectivity index (χ4n) is 8.18. The Morgan fingerprint density at radius 3 is 2.69 bits per heavy atom. The predicted molar refractivity (Wildman–Crippen MR) is 114 cm³/mol. The van der Waals surface area contributed by atoms with Crippen LogP contribution in [-0.4, -0.2) is 63.7 Å². The minimum absolute atomic E-state index is 0.0296. The highest BCUT2D eigenvalue weighted by Crippen LogP contribution is 2.69. The van der Waals surface area contributed by atoms with Crippen LogP contribution in [0.5, 0.6) is 0 Å². The third-order valence-electron chi connectivity index (χ3n) is 9.39. The van der Waals surface area contributed by atoms with E-state index in [0.717, 1.165) is 6.42 Å². The molecule has 1 heterocycles. The van der Waals surface area contributed by atoms with Gasteiger partial charge in [0.05, 0.1) is 18.3 Å². The van der Waals surface area contributed by atoms with Gasteiger partial charge in [0.1, 0.15) is 6.61 Å². The minimum atomic E-state index is -1.29. The van der Waals surface area contributed by atoms with Gasteiger partial charge in [-0.05, 0) is 55.2 Å². The third-order valence-corrected chi connectivity index (χ3v) is 9.39. The van der Waals surface area contributed by atoms with Crippen LogP contribution >= 0.6 is 0 Å². The van der Waals surface area contributed by atoms with E-state index in [1.165, 1.54) is 12.2 Å². The van der Waals surface area contributed by atoms with Gasteiger partial charge >= 0.3 is 0 Å². The lowest BCUT2D eigenvalue weighted by Crippen LogP contribution is -2.64. The van der Waals surface area contributed by atoms with Crippen molar-refractivity contribution < 1.29 is 34.4 Å². The molecule has 0 aromatic rings. The van der Waals surface area contributed by atoms with Crippen molar-refractivity contribution in [1.29, 1.82) is 0 Å². The largest absolute Gasteiger partial charge is 0.393 e. The average Bonchev–Trinajstić information content (AvgIpc) is 3.21. The number of rotatable bonds is 4. The van der Waals surface area contributed by atoms with E-state index >= 15 is 0 Å². The van der Waals surface area contributed by atoms with Crippen LogP contribution in [0.2, 0.25) is 0 Å². The van der Waals surface area contributed by atoms with Gasteiger partial charge in [-0.25, -0.2) is 0 Å². The number of Topliss-reactive ketones (excluding diaryl/α,β-unsaturated/α-hetero) is 1. The van der Waals surface area contributed by atoms with E-state index in [9.17, 15) is 24.9 Å². The summed E-state index contributed by atoms with van der Waals surface area (Å²) >= 11 is 0. The van der Waals surface area contributed by atoms with Crippen molar-refractivity contribution >= 4 is 11.6 Å². The summed E-state index contributed by atoms with van der Waals surface area (Å²) < 4.78 is 12.6. The van der Waals surface area contributed by atoms with E-state index in [-0.39, 0.29) is 29.3 Å². The Hall–Kier alpha value is -1.38. The number of fused-ring (bicyclic) bond motifs is 7. The van der Waals surface area contributed by atoms with Crippen molar-refractivity contribution in [3.63, 3.8) is 0 Å². The first-order valence-electron chi connectivity index (χ1n) is 11.9. The molecule has 5 rings (SSSR count). The first-order chi connectivity index (χ1) is 15.1. The molecule has 1 aliphatic heterocycles. The van der Waals surface area contributed by atoms with Gasteiger partial charge in [0, 0.05) is 16.7 Å². The number of allylic oxidation sites excluding steroid dienone is 3. The van der Waals surface area contributed by atoms with Gasteiger partial charge in [0.15, 0.2) is 23.5 Å². The van der Waals surface area contributed by atoms with Crippen LogP contribution in [-0.2, 0) is 19.1 Å². The molecule has 5 unspecified atom stereocenters. The summed E-state index contributed by atoms with van der Waals surface area (Å²) in [5.41, 5.74) is -1.98. The molecule has 0 bridgehead atoms. The quantitative estimate of drug-likeness (QED) is 0.602. The lowest BCUT2D eigenvalue weighted by molar-refractivity contribution is -0.203. The molecule has 4 fully saturated rings. The predicted octanol–water partition coefficient (Wildman–Crippen LogP) is 1.69. The number of carbonyl (C=O) groups is 2. The van der Waals surface area contributed by atoms with Gasteiger partial charge in [-0.1, -0.05) is 33.3 Å². The molecule has 0 radical (unpaired) electrons. The molecule has 7 heteroatoms. The number of aliphatic hydroxyl groups is 3. The van der Waals surface area contributed by atoms with Crippen molar-refractivity contribution in [3.05, 3.63) is 23.8 Å². The highest BCUT2D eigenvalue weighted by Gasteiger charge is 2.76. The number of ether oxygens (including phenoxy) is 2. The molecular weight excluding hydrogens is 412 g/mol. The SMILES string of the molecule is CCCC1OC2CC3C4C[C@@H](O)C5=CC(=O)C=C[C@]5(C)C4[C@@H](O)C[C@]3(C)[C@]2(C(=O)CO)O1. The summed E-state index contributed by atoms with van der Waals surface area (Å²) in [6.07, 6.45) is 5.21. The van der Waals surface area contributed by atoms with Crippen LogP contribution in [0, 0.1) is 28.6 Å². The van der Waals surface area contributed by atoms with Crippen molar-refractivity contribution in [2.24, 2.45) is 28.6 Å². The minimum Gasteiger partial charge on any atom is -0.393 e. The number of hydrogen-bond donors (Lipinski definition) is 3. The molecule has 4 aliphatic carbocycles. The maximum Gasteiger partial charge on any atom is 0.193 e. The van der Waals surface area contributed by atoms with Crippen LogP contribution in [0.25, 0.3) is 0 Å². The van der Waals surface area contributed by atoms with E-state index < -0.39 is 47.6 Å². The standard InChI is InChI=1S/C25H34O7/c1-4-5-21-31-20-10-15-14-9-17(28)16-8-13(27)6-7-23(16,2)22(14)18(29)11-24(15,3)25(20,32-21)19(30)12-26/h6-8,14-15,17-18,20-22,26,28-29H,4-5,9-12H2,1-3H3/t14?,15?,17-,18+,20?,21?,22?,23+,24+,25-/m1/s1. The molecule has 10 atom stereocenters. The smallest absolute Gasteiger partial charge is 0.193 e. The Bertz CT molecular complexity index is 895. The zero-order valence-corrected chi connectivity index (χ0v) is 19.0. The summed E-state index contributed by atoms with van der Waals surface area (Å²) in [5, 5.41) is 32.5. The van der Waals surface area contributed by atoms with E-state index in [1.54, 1.807) is 0 Å².